The number of carbonyl (C=O) groups excluding carboxylic acids is 1. The Labute approximate surface area is 113 Å². The minimum Gasteiger partial charge on any atom is -0.454 e. The second kappa shape index (κ2) is 5.49. The maximum absolute atomic E-state index is 11.8. The molecule has 0 aliphatic heterocycles. The molecule has 0 aromatic carbocycles. The van der Waals surface area contributed by atoms with Gasteiger partial charge in [0, 0.05) is 0 Å². The summed E-state index contributed by atoms with van der Waals surface area (Å²) < 4.78 is 5.32. The van der Waals surface area contributed by atoms with Crippen molar-refractivity contribution in [2.45, 2.75) is 25.6 Å². The predicted molar refractivity (Wildman–Crippen MR) is 70.2 cm³/mol. The van der Waals surface area contributed by atoms with Gasteiger partial charge in [0.2, 0.25) is 5.13 Å². The number of rotatable bonds is 4. The van der Waals surface area contributed by atoms with E-state index >= 15 is 0 Å². The molecular weight excluding hydrogens is 274 g/mol. The number of aromatic nitrogens is 2. The number of hydrogen-bond donors (Lipinski definition) is 1. The van der Waals surface area contributed by atoms with Crippen LogP contribution >= 0.6 is 22.9 Å². The van der Waals surface area contributed by atoms with Gasteiger partial charge in [-0.25, -0.2) is 0 Å². The number of aryl methyl sites for hydroxylation is 1. The van der Waals surface area contributed by atoms with Crippen LogP contribution in [-0.2, 0) is 6.42 Å². The molecule has 0 radical (unpaired) electrons. The Bertz CT molecular complexity index is 550. The van der Waals surface area contributed by atoms with E-state index < -0.39 is 0 Å². The molecule has 0 saturated carbocycles. The fraction of sp³-hybridized carbons (Fsp3) is 0.364. The molecule has 7 heteroatoms. The summed E-state index contributed by atoms with van der Waals surface area (Å²) in [7, 11) is 0. The highest BCUT2D eigenvalue weighted by molar-refractivity contribution is 7.15. The van der Waals surface area contributed by atoms with Crippen molar-refractivity contribution in [3.05, 3.63) is 28.7 Å². The summed E-state index contributed by atoms with van der Waals surface area (Å²) in [6.07, 6.45) is 0.794. The van der Waals surface area contributed by atoms with Gasteiger partial charge in [-0.1, -0.05) is 18.3 Å². The molecule has 2 rings (SSSR count). The lowest BCUT2D eigenvalue weighted by Crippen LogP contribution is -2.10. The van der Waals surface area contributed by atoms with Crippen molar-refractivity contribution >= 4 is 34.0 Å². The Hall–Kier alpha value is -1.40. The van der Waals surface area contributed by atoms with Crippen molar-refractivity contribution in [1.29, 1.82) is 0 Å². The third-order valence-corrected chi connectivity index (χ3v) is 3.43. The highest BCUT2D eigenvalue weighted by Crippen LogP contribution is 2.22. The molecule has 2 heterocycles. The van der Waals surface area contributed by atoms with Crippen molar-refractivity contribution in [1.82, 2.24) is 10.2 Å². The number of alkyl halides is 1. The number of hydrogen-bond acceptors (Lipinski definition) is 5. The van der Waals surface area contributed by atoms with Gasteiger partial charge in [0.15, 0.2) is 5.76 Å². The van der Waals surface area contributed by atoms with Crippen LogP contribution < -0.4 is 5.32 Å². The smallest absolute Gasteiger partial charge is 0.293 e. The maximum atomic E-state index is 11.8. The van der Waals surface area contributed by atoms with Crippen LogP contribution in [0.2, 0.25) is 0 Å². The summed E-state index contributed by atoms with van der Waals surface area (Å²) in [6, 6.07) is 3.27. The molecule has 5 nitrogen and oxygen atoms in total. The second-order valence-electron chi connectivity index (χ2n) is 3.63. The van der Waals surface area contributed by atoms with Crippen LogP contribution in [0.1, 0.15) is 40.5 Å². The van der Waals surface area contributed by atoms with E-state index in [1.54, 1.807) is 19.1 Å². The predicted octanol–water partition coefficient (Wildman–Crippen LogP) is 3.25. The van der Waals surface area contributed by atoms with E-state index in [9.17, 15) is 4.79 Å². The maximum Gasteiger partial charge on any atom is 0.293 e. The van der Waals surface area contributed by atoms with Gasteiger partial charge in [-0.15, -0.1) is 21.8 Å². The molecular formula is C11H12ClN3O2S. The number of halogens is 1. The SMILES string of the molecule is CCc1nnc(NC(=O)c2ccc(C(C)Cl)o2)s1. The molecule has 0 bridgehead atoms. The molecule has 0 fully saturated rings. The Morgan fingerprint density at radius 1 is 1.56 bits per heavy atom. The van der Waals surface area contributed by atoms with E-state index in [1.165, 1.54) is 11.3 Å². The Kier molecular flexibility index (Phi) is 3.98. The Morgan fingerprint density at radius 2 is 2.33 bits per heavy atom. The van der Waals surface area contributed by atoms with Crippen molar-refractivity contribution in [3.8, 4) is 0 Å². The van der Waals surface area contributed by atoms with Crippen molar-refractivity contribution < 1.29 is 9.21 Å². The Morgan fingerprint density at radius 3 is 2.89 bits per heavy atom. The van der Waals surface area contributed by atoms with Crippen molar-refractivity contribution in [2.24, 2.45) is 0 Å². The molecule has 18 heavy (non-hydrogen) atoms. The lowest BCUT2D eigenvalue weighted by atomic mass is 10.3. The van der Waals surface area contributed by atoms with Gasteiger partial charge in [0.05, 0.1) is 5.38 Å². The first kappa shape index (κ1) is 13.0. The van der Waals surface area contributed by atoms with Gasteiger partial charge >= 0.3 is 0 Å². The van der Waals surface area contributed by atoms with E-state index in [1.807, 2.05) is 6.92 Å². The molecule has 0 aliphatic rings. The van der Waals surface area contributed by atoms with Gasteiger partial charge < -0.3 is 4.42 Å². The highest BCUT2D eigenvalue weighted by atomic mass is 35.5. The van der Waals surface area contributed by atoms with E-state index in [0.29, 0.717) is 10.9 Å². The molecule has 1 N–H and O–H groups in total. The van der Waals surface area contributed by atoms with Crippen LogP contribution in [0.4, 0.5) is 5.13 Å². The van der Waals surface area contributed by atoms with E-state index in [4.69, 9.17) is 16.0 Å². The fourth-order valence-corrected chi connectivity index (χ4v) is 2.09. The number of amides is 1. The first-order valence-electron chi connectivity index (χ1n) is 5.47. The first-order chi connectivity index (χ1) is 8.60. The topological polar surface area (TPSA) is 68.0 Å². The van der Waals surface area contributed by atoms with E-state index in [2.05, 4.69) is 15.5 Å². The number of anilines is 1. The zero-order chi connectivity index (χ0) is 13.1. The van der Waals surface area contributed by atoms with Crippen LogP contribution in [0.5, 0.6) is 0 Å². The van der Waals surface area contributed by atoms with E-state index in [0.717, 1.165) is 11.4 Å². The van der Waals surface area contributed by atoms with Crippen LogP contribution in [-0.4, -0.2) is 16.1 Å². The zero-order valence-electron chi connectivity index (χ0n) is 9.94. The third kappa shape index (κ3) is 2.88. The van der Waals surface area contributed by atoms with Gasteiger partial charge in [0.25, 0.3) is 5.91 Å². The molecule has 0 saturated heterocycles. The quantitative estimate of drug-likeness (QED) is 0.876. The normalized spacial score (nSPS) is 12.4. The lowest BCUT2D eigenvalue weighted by Gasteiger charge is -1.98. The zero-order valence-corrected chi connectivity index (χ0v) is 11.5. The van der Waals surface area contributed by atoms with Gasteiger partial charge in [0.1, 0.15) is 10.8 Å². The summed E-state index contributed by atoms with van der Waals surface area (Å²) in [6.45, 7) is 3.76. The molecule has 2 aromatic heterocycles. The number of nitrogens with one attached hydrogen (secondary N) is 1. The summed E-state index contributed by atoms with van der Waals surface area (Å²) in [5.41, 5.74) is 0. The number of carbonyl (C=O) groups is 1. The number of nitrogens with zero attached hydrogens (tertiary/aromatic N) is 2. The Balaban J connectivity index is 2.06. The average molecular weight is 286 g/mol. The molecule has 0 aliphatic carbocycles. The fourth-order valence-electron chi connectivity index (χ4n) is 1.29. The van der Waals surface area contributed by atoms with Gasteiger partial charge in [-0.2, -0.15) is 0 Å². The van der Waals surface area contributed by atoms with Crippen molar-refractivity contribution in [3.63, 3.8) is 0 Å². The van der Waals surface area contributed by atoms with Crippen LogP contribution in [0.25, 0.3) is 0 Å². The molecule has 2 aromatic rings. The number of furan rings is 1. The van der Waals surface area contributed by atoms with Crippen molar-refractivity contribution in [2.75, 3.05) is 5.32 Å². The molecule has 1 amide bonds. The minimum absolute atomic E-state index is 0.214. The van der Waals surface area contributed by atoms with Gasteiger partial charge in [-0.3, -0.25) is 10.1 Å². The standard InChI is InChI=1S/C11H12ClN3O2S/c1-3-9-14-15-11(18-9)13-10(16)8-5-4-7(17-8)6(2)12/h4-6H,3H2,1-2H3,(H,13,15,16). The van der Waals surface area contributed by atoms with E-state index in [-0.39, 0.29) is 17.0 Å². The summed E-state index contributed by atoms with van der Waals surface area (Å²) >= 11 is 7.20. The highest BCUT2D eigenvalue weighted by Gasteiger charge is 2.15. The first-order valence-corrected chi connectivity index (χ1v) is 6.73. The lowest BCUT2D eigenvalue weighted by molar-refractivity contribution is 0.0995. The monoisotopic (exact) mass is 285 g/mol. The largest absolute Gasteiger partial charge is 0.454 e. The van der Waals surface area contributed by atoms with Crippen LogP contribution in [0, 0.1) is 0 Å². The summed E-state index contributed by atoms with van der Waals surface area (Å²) in [4.78, 5) is 11.8. The van der Waals surface area contributed by atoms with Crippen LogP contribution in [0.15, 0.2) is 16.5 Å². The second-order valence-corrected chi connectivity index (χ2v) is 5.34. The molecule has 1 atom stereocenters. The average Bonchev–Trinajstić information content (AvgIpc) is 2.97. The molecule has 1 unspecified atom stereocenters. The minimum atomic E-state index is -0.350. The molecule has 96 valence electrons. The molecule has 0 spiro atoms. The van der Waals surface area contributed by atoms with Gasteiger partial charge in [-0.05, 0) is 25.5 Å². The third-order valence-electron chi connectivity index (χ3n) is 2.23. The summed E-state index contributed by atoms with van der Waals surface area (Å²) in [5.74, 6) is 0.427. The summed E-state index contributed by atoms with van der Waals surface area (Å²) in [5, 5.41) is 11.5. The van der Waals surface area contributed by atoms with Crippen LogP contribution in [0.3, 0.4) is 0 Å².